The van der Waals surface area contributed by atoms with Gasteiger partial charge in [-0.3, -0.25) is 0 Å². The fraction of sp³-hybridized carbons (Fsp3) is 0.524. The van der Waals surface area contributed by atoms with Crippen LogP contribution in [0.5, 0.6) is 0 Å². The molecule has 0 bridgehead atoms. The average molecular weight is 398 g/mol. The summed E-state index contributed by atoms with van der Waals surface area (Å²) in [6, 6.07) is 4.87. The number of fused-ring (bicyclic) bond motifs is 1. The lowest BCUT2D eigenvalue weighted by molar-refractivity contribution is 0.548. The Morgan fingerprint density at radius 1 is 1.23 bits per heavy atom. The molecule has 0 spiro atoms. The predicted molar refractivity (Wildman–Crippen MR) is 119 cm³/mol. The van der Waals surface area contributed by atoms with Gasteiger partial charge in [0.25, 0.3) is 0 Å². The molecule has 1 heterocycles. The van der Waals surface area contributed by atoms with E-state index in [1.54, 1.807) is 6.08 Å². The zero-order chi connectivity index (χ0) is 19.9. The van der Waals surface area contributed by atoms with Crippen LogP contribution in [0.4, 0.5) is 11.4 Å². The number of benzene rings is 1. The zero-order valence-electron chi connectivity index (χ0n) is 17.1. The van der Waals surface area contributed by atoms with Crippen LogP contribution in [-0.2, 0) is 0 Å². The topological polar surface area (TPSA) is 36.1 Å². The van der Waals surface area contributed by atoms with E-state index in [-0.39, 0.29) is 0 Å². The normalized spacial score (nSPS) is 19.8. The molecule has 0 amide bonds. The molecule has 3 N–H and O–H groups in total. The molecule has 2 atom stereocenters. The number of allylic oxidation sites excluding steroid dienone is 4. The molecule has 0 aliphatic carbocycles. The summed E-state index contributed by atoms with van der Waals surface area (Å²) in [6.07, 6.45) is 2.86. The first kappa shape index (κ1) is 22.9. The van der Waals surface area contributed by atoms with Gasteiger partial charge in [0.1, 0.15) is 0 Å². The van der Waals surface area contributed by atoms with Crippen LogP contribution in [0.2, 0.25) is 0 Å². The summed E-state index contributed by atoms with van der Waals surface area (Å²) in [5, 5.41) is 11.7. The van der Waals surface area contributed by atoms with Crippen LogP contribution in [0.1, 0.15) is 58.1 Å². The molecule has 1 aliphatic heterocycles. The van der Waals surface area contributed by atoms with Crippen molar-refractivity contribution >= 4 is 34.6 Å². The largest absolute Gasteiger partial charge is 0.381 e. The molecule has 26 heavy (non-hydrogen) atoms. The van der Waals surface area contributed by atoms with Crippen molar-refractivity contribution in [3.05, 3.63) is 45.1 Å². The first-order valence-electron chi connectivity index (χ1n) is 9.40. The van der Waals surface area contributed by atoms with E-state index < -0.39 is 0 Å². The minimum atomic E-state index is 0.472. The fourth-order valence-corrected chi connectivity index (χ4v) is 3.67. The van der Waals surface area contributed by atoms with Gasteiger partial charge >= 0.3 is 0 Å². The summed E-state index contributed by atoms with van der Waals surface area (Å²) in [7, 11) is 2.01. The fourth-order valence-electron chi connectivity index (χ4n) is 3.30. The molecule has 0 fully saturated rings. The Morgan fingerprint density at radius 3 is 2.42 bits per heavy atom. The van der Waals surface area contributed by atoms with Crippen molar-refractivity contribution in [1.29, 1.82) is 0 Å². The Kier molecular flexibility index (Phi) is 9.56. The SMILES string of the molecule is CC.CC[C@@H]1Nc2c(C)cc(N/C(C)=C(Cl)/C=C(\C)Cl)cc2[C@@H]1CNC. The lowest BCUT2D eigenvalue weighted by Gasteiger charge is -2.18. The summed E-state index contributed by atoms with van der Waals surface area (Å²) in [5.74, 6) is 0.472. The van der Waals surface area contributed by atoms with Crippen LogP contribution >= 0.6 is 23.2 Å². The first-order chi connectivity index (χ1) is 12.4. The first-order valence-corrected chi connectivity index (χ1v) is 10.2. The predicted octanol–water partition coefficient (Wildman–Crippen LogP) is 6.55. The van der Waals surface area contributed by atoms with Crippen LogP contribution in [-0.4, -0.2) is 19.6 Å². The number of hydrogen-bond donors (Lipinski definition) is 3. The van der Waals surface area contributed by atoms with E-state index in [4.69, 9.17) is 23.2 Å². The lowest BCUT2D eigenvalue weighted by atomic mass is 9.92. The second kappa shape index (κ2) is 10.9. The summed E-state index contributed by atoms with van der Waals surface area (Å²) >= 11 is 12.2. The molecule has 1 aliphatic rings. The monoisotopic (exact) mass is 397 g/mol. The van der Waals surface area contributed by atoms with E-state index in [9.17, 15) is 0 Å². The maximum atomic E-state index is 6.29. The van der Waals surface area contributed by atoms with E-state index >= 15 is 0 Å². The van der Waals surface area contributed by atoms with Gasteiger partial charge in [-0.1, -0.05) is 44.0 Å². The Hall–Kier alpha value is -1.16. The third-order valence-corrected chi connectivity index (χ3v) is 4.96. The highest BCUT2D eigenvalue weighted by Crippen LogP contribution is 2.41. The number of rotatable bonds is 6. The number of hydrogen-bond acceptors (Lipinski definition) is 3. The Morgan fingerprint density at radius 2 is 1.88 bits per heavy atom. The Balaban J connectivity index is 0.00000163. The van der Waals surface area contributed by atoms with Crippen molar-refractivity contribution in [1.82, 2.24) is 5.32 Å². The van der Waals surface area contributed by atoms with Crippen molar-refractivity contribution in [3.63, 3.8) is 0 Å². The molecule has 5 heteroatoms. The molecule has 3 nitrogen and oxygen atoms in total. The smallest absolute Gasteiger partial charge is 0.0607 e. The molecule has 0 unspecified atom stereocenters. The second-order valence-corrected chi connectivity index (χ2v) is 7.41. The van der Waals surface area contributed by atoms with Gasteiger partial charge in [-0.2, -0.15) is 0 Å². The van der Waals surface area contributed by atoms with Gasteiger partial charge in [0.05, 0.1) is 5.03 Å². The van der Waals surface area contributed by atoms with Gasteiger partial charge in [0, 0.05) is 40.6 Å². The minimum absolute atomic E-state index is 0.472. The Bertz CT molecular complexity index is 661. The number of anilines is 2. The third kappa shape index (κ3) is 5.67. The molecule has 0 radical (unpaired) electrons. The van der Waals surface area contributed by atoms with Gasteiger partial charge in [0.15, 0.2) is 0 Å². The van der Waals surface area contributed by atoms with Crippen LogP contribution in [0, 0.1) is 6.92 Å². The van der Waals surface area contributed by atoms with E-state index in [0.717, 1.165) is 24.4 Å². The molecule has 1 aromatic rings. The quantitative estimate of drug-likeness (QED) is 0.475. The van der Waals surface area contributed by atoms with Crippen molar-refractivity contribution in [2.45, 2.75) is 59.9 Å². The van der Waals surface area contributed by atoms with Crippen molar-refractivity contribution in [2.24, 2.45) is 0 Å². The van der Waals surface area contributed by atoms with Crippen LogP contribution in [0.25, 0.3) is 0 Å². The highest BCUT2D eigenvalue weighted by molar-refractivity contribution is 6.34. The summed E-state index contributed by atoms with van der Waals surface area (Å²) < 4.78 is 0. The average Bonchev–Trinajstić information content (AvgIpc) is 2.95. The minimum Gasteiger partial charge on any atom is -0.381 e. The summed E-state index contributed by atoms with van der Waals surface area (Å²) in [4.78, 5) is 0. The molecule has 0 saturated heterocycles. The number of nitrogens with one attached hydrogen (secondary N) is 3. The number of halogens is 2. The third-order valence-electron chi connectivity index (χ3n) is 4.46. The zero-order valence-corrected chi connectivity index (χ0v) is 18.6. The van der Waals surface area contributed by atoms with Crippen LogP contribution < -0.4 is 16.0 Å². The van der Waals surface area contributed by atoms with Gasteiger partial charge in [-0.05, 0) is 63.6 Å². The number of likely N-dealkylation sites (N-methyl/N-ethyl adjacent to an activating group) is 1. The highest BCUT2D eigenvalue weighted by Gasteiger charge is 2.31. The summed E-state index contributed by atoms with van der Waals surface area (Å²) in [6.45, 7) is 13.1. The Labute approximate surface area is 169 Å². The lowest BCUT2D eigenvalue weighted by Crippen LogP contribution is -2.27. The molecule has 2 rings (SSSR count). The van der Waals surface area contributed by atoms with Crippen molar-refractivity contribution in [3.8, 4) is 0 Å². The van der Waals surface area contributed by atoms with Crippen molar-refractivity contribution in [2.75, 3.05) is 24.2 Å². The molecule has 0 aromatic heterocycles. The highest BCUT2D eigenvalue weighted by atomic mass is 35.5. The van der Waals surface area contributed by atoms with Gasteiger partial charge in [0.2, 0.25) is 0 Å². The molecule has 1 aromatic carbocycles. The second-order valence-electron chi connectivity index (χ2n) is 6.41. The molecular weight excluding hydrogens is 365 g/mol. The molecular formula is C21H33Cl2N3. The maximum Gasteiger partial charge on any atom is 0.0607 e. The van der Waals surface area contributed by atoms with E-state index in [2.05, 4.69) is 41.9 Å². The summed E-state index contributed by atoms with van der Waals surface area (Å²) in [5.41, 5.74) is 5.84. The van der Waals surface area contributed by atoms with E-state index in [0.29, 0.717) is 22.0 Å². The molecule has 146 valence electrons. The number of aryl methyl sites for hydroxylation is 1. The van der Waals surface area contributed by atoms with E-state index in [1.807, 2.05) is 34.7 Å². The van der Waals surface area contributed by atoms with Gasteiger partial charge in [-0.25, -0.2) is 0 Å². The van der Waals surface area contributed by atoms with Gasteiger partial charge < -0.3 is 16.0 Å². The maximum absolute atomic E-state index is 6.29. The van der Waals surface area contributed by atoms with Crippen LogP contribution in [0.3, 0.4) is 0 Å². The van der Waals surface area contributed by atoms with E-state index in [1.165, 1.54) is 16.8 Å². The van der Waals surface area contributed by atoms with Gasteiger partial charge in [-0.15, -0.1) is 0 Å². The standard InChI is InChI=1S/C19H27Cl2N3.C2H6/c1-6-18-16(10-22-5)15-9-14(7-11(2)19(15)24-18)23-13(4)17(21)8-12(3)20;1-2/h7-9,16,18,22-24H,6,10H2,1-5H3;1-2H3/b12-8+,17-13-;/t16-,18-;/m0./s1. The van der Waals surface area contributed by atoms with Crippen molar-refractivity contribution < 1.29 is 0 Å². The molecule has 0 saturated carbocycles. The van der Waals surface area contributed by atoms with Crippen LogP contribution in [0.15, 0.2) is 34.0 Å².